The molecule has 1 aromatic rings. The van der Waals surface area contributed by atoms with Gasteiger partial charge in [0.25, 0.3) is 0 Å². The molecule has 0 aromatic carbocycles. The fourth-order valence-corrected chi connectivity index (χ4v) is 2.38. The molecule has 2 heterocycles. The molecule has 2 unspecified atom stereocenters. The second kappa shape index (κ2) is 5.23. The fourth-order valence-electron chi connectivity index (χ4n) is 2.38. The summed E-state index contributed by atoms with van der Waals surface area (Å²) in [7, 11) is 0. The van der Waals surface area contributed by atoms with Gasteiger partial charge in [0.1, 0.15) is 0 Å². The maximum atomic E-state index is 5.93. The van der Waals surface area contributed by atoms with Crippen LogP contribution in [0.2, 0.25) is 0 Å². The van der Waals surface area contributed by atoms with E-state index in [0.29, 0.717) is 11.8 Å². The molecule has 1 aromatic heterocycles. The highest BCUT2D eigenvalue weighted by Crippen LogP contribution is 2.31. The standard InChI is InChI=1S/C14H23NO2/c1-14(2,3)17-10-12-8-15-6-4-13(12)11-5-7-16-9-11/h5,7,9,12-13,15H,4,6,8,10H2,1-3H3. The summed E-state index contributed by atoms with van der Waals surface area (Å²) in [4.78, 5) is 0. The average molecular weight is 237 g/mol. The number of piperidine rings is 1. The molecule has 1 aliphatic heterocycles. The molecule has 1 N–H and O–H groups in total. The normalized spacial score (nSPS) is 26.1. The summed E-state index contributed by atoms with van der Waals surface area (Å²) in [5.41, 5.74) is 1.26. The lowest BCUT2D eigenvalue weighted by molar-refractivity contribution is -0.0293. The molecule has 96 valence electrons. The van der Waals surface area contributed by atoms with Crippen molar-refractivity contribution in [3.8, 4) is 0 Å². The molecule has 0 radical (unpaired) electrons. The Morgan fingerprint density at radius 1 is 1.47 bits per heavy atom. The van der Waals surface area contributed by atoms with Crippen LogP contribution in [0.25, 0.3) is 0 Å². The Labute approximate surface area is 104 Å². The number of ether oxygens (including phenoxy) is 1. The van der Waals surface area contributed by atoms with Crippen molar-refractivity contribution in [1.29, 1.82) is 0 Å². The van der Waals surface area contributed by atoms with Crippen molar-refractivity contribution < 1.29 is 9.15 Å². The van der Waals surface area contributed by atoms with Gasteiger partial charge in [-0.05, 0) is 51.3 Å². The third-order valence-electron chi connectivity index (χ3n) is 3.31. The Kier molecular flexibility index (Phi) is 3.89. The zero-order valence-corrected chi connectivity index (χ0v) is 11.0. The van der Waals surface area contributed by atoms with Gasteiger partial charge in [0.05, 0.1) is 24.7 Å². The summed E-state index contributed by atoms with van der Waals surface area (Å²) in [6, 6.07) is 2.08. The maximum absolute atomic E-state index is 5.93. The molecule has 1 fully saturated rings. The monoisotopic (exact) mass is 237 g/mol. The Hall–Kier alpha value is -0.800. The summed E-state index contributed by atoms with van der Waals surface area (Å²) in [6.07, 6.45) is 4.80. The van der Waals surface area contributed by atoms with E-state index >= 15 is 0 Å². The van der Waals surface area contributed by atoms with Crippen LogP contribution in [-0.4, -0.2) is 25.3 Å². The van der Waals surface area contributed by atoms with Crippen molar-refractivity contribution in [3.05, 3.63) is 24.2 Å². The number of hydrogen-bond donors (Lipinski definition) is 1. The van der Waals surface area contributed by atoms with E-state index in [9.17, 15) is 0 Å². The summed E-state index contributed by atoms with van der Waals surface area (Å²) in [6.45, 7) is 9.25. The van der Waals surface area contributed by atoms with Gasteiger partial charge in [-0.1, -0.05) is 0 Å². The number of rotatable bonds is 3. The third-order valence-corrected chi connectivity index (χ3v) is 3.31. The number of nitrogens with one attached hydrogen (secondary N) is 1. The van der Waals surface area contributed by atoms with Crippen molar-refractivity contribution >= 4 is 0 Å². The molecule has 1 aliphatic rings. The van der Waals surface area contributed by atoms with Crippen molar-refractivity contribution in [2.75, 3.05) is 19.7 Å². The van der Waals surface area contributed by atoms with Crippen LogP contribution in [0.4, 0.5) is 0 Å². The SMILES string of the molecule is CC(C)(C)OCC1CNCCC1c1ccoc1. The van der Waals surface area contributed by atoms with Gasteiger partial charge in [-0.15, -0.1) is 0 Å². The van der Waals surface area contributed by atoms with Crippen molar-refractivity contribution in [3.63, 3.8) is 0 Å². The van der Waals surface area contributed by atoms with Gasteiger partial charge in [0.2, 0.25) is 0 Å². The number of furan rings is 1. The lowest BCUT2D eigenvalue weighted by Gasteiger charge is -2.33. The lowest BCUT2D eigenvalue weighted by Crippen LogP contribution is -2.39. The van der Waals surface area contributed by atoms with Crippen LogP contribution < -0.4 is 5.32 Å². The molecular formula is C14H23NO2. The van der Waals surface area contributed by atoms with Crippen LogP contribution in [0.15, 0.2) is 23.0 Å². The minimum absolute atomic E-state index is 0.0571. The molecule has 3 heteroatoms. The zero-order chi connectivity index (χ0) is 12.3. The molecule has 1 saturated heterocycles. The Morgan fingerprint density at radius 2 is 2.29 bits per heavy atom. The Balaban J connectivity index is 1.98. The molecule has 0 aliphatic carbocycles. The van der Waals surface area contributed by atoms with E-state index in [1.165, 1.54) is 5.56 Å². The molecular weight excluding hydrogens is 214 g/mol. The molecule has 0 spiro atoms. The second-order valence-electron chi connectivity index (χ2n) is 5.84. The average Bonchev–Trinajstić information content (AvgIpc) is 2.79. The van der Waals surface area contributed by atoms with Gasteiger partial charge in [-0.3, -0.25) is 0 Å². The first-order chi connectivity index (χ1) is 8.06. The van der Waals surface area contributed by atoms with Crippen molar-refractivity contribution in [2.24, 2.45) is 5.92 Å². The van der Waals surface area contributed by atoms with Gasteiger partial charge in [-0.2, -0.15) is 0 Å². The Bertz CT molecular complexity index is 326. The molecule has 0 amide bonds. The predicted molar refractivity (Wildman–Crippen MR) is 68.1 cm³/mol. The predicted octanol–water partition coefficient (Wildman–Crippen LogP) is 2.79. The van der Waals surface area contributed by atoms with E-state index in [1.54, 1.807) is 6.26 Å². The van der Waals surface area contributed by atoms with E-state index < -0.39 is 0 Å². The lowest BCUT2D eigenvalue weighted by atomic mass is 9.83. The Morgan fingerprint density at radius 3 is 2.94 bits per heavy atom. The minimum atomic E-state index is -0.0571. The molecule has 2 rings (SSSR count). The first-order valence-corrected chi connectivity index (χ1v) is 6.43. The topological polar surface area (TPSA) is 34.4 Å². The van der Waals surface area contributed by atoms with Crippen LogP contribution in [0.3, 0.4) is 0 Å². The van der Waals surface area contributed by atoms with E-state index in [0.717, 1.165) is 26.1 Å². The van der Waals surface area contributed by atoms with Gasteiger partial charge in [-0.25, -0.2) is 0 Å². The molecule has 0 saturated carbocycles. The summed E-state index contributed by atoms with van der Waals surface area (Å²) in [5, 5.41) is 3.45. The first-order valence-electron chi connectivity index (χ1n) is 6.43. The molecule has 17 heavy (non-hydrogen) atoms. The van der Waals surface area contributed by atoms with E-state index in [-0.39, 0.29) is 5.60 Å². The summed E-state index contributed by atoms with van der Waals surface area (Å²) in [5.74, 6) is 1.11. The largest absolute Gasteiger partial charge is 0.472 e. The van der Waals surface area contributed by atoms with Crippen LogP contribution >= 0.6 is 0 Å². The van der Waals surface area contributed by atoms with Gasteiger partial charge in [0, 0.05) is 12.5 Å². The van der Waals surface area contributed by atoms with Gasteiger partial charge in [0.15, 0.2) is 0 Å². The van der Waals surface area contributed by atoms with Crippen LogP contribution in [0.1, 0.15) is 38.7 Å². The smallest absolute Gasteiger partial charge is 0.0937 e. The van der Waals surface area contributed by atoms with E-state index in [2.05, 4.69) is 32.2 Å². The zero-order valence-electron chi connectivity index (χ0n) is 11.0. The highest BCUT2D eigenvalue weighted by molar-refractivity contribution is 5.15. The second-order valence-corrected chi connectivity index (χ2v) is 5.84. The highest BCUT2D eigenvalue weighted by atomic mass is 16.5. The molecule has 3 nitrogen and oxygen atoms in total. The summed E-state index contributed by atoms with van der Waals surface area (Å²) >= 11 is 0. The molecule has 2 atom stereocenters. The maximum Gasteiger partial charge on any atom is 0.0937 e. The van der Waals surface area contributed by atoms with Gasteiger partial charge >= 0.3 is 0 Å². The quantitative estimate of drug-likeness (QED) is 0.877. The van der Waals surface area contributed by atoms with E-state index in [1.807, 2.05) is 6.26 Å². The van der Waals surface area contributed by atoms with Crippen LogP contribution in [0, 0.1) is 5.92 Å². The minimum Gasteiger partial charge on any atom is -0.472 e. The fraction of sp³-hybridized carbons (Fsp3) is 0.714. The highest BCUT2D eigenvalue weighted by Gasteiger charge is 2.28. The number of hydrogen-bond acceptors (Lipinski definition) is 3. The van der Waals surface area contributed by atoms with Crippen LogP contribution in [-0.2, 0) is 4.74 Å². The summed E-state index contributed by atoms with van der Waals surface area (Å²) < 4.78 is 11.1. The van der Waals surface area contributed by atoms with E-state index in [4.69, 9.17) is 9.15 Å². The molecule has 0 bridgehead atoms. The van der Waals surface area contributed by atoms with Gasteiger partial charge < -0.3 is 14.5 Å². The van der Waals surface area contributed by atoms with Crippen molar-refractivity contribution in [2.45, 2.75) is 38.7 Å². The third kappa shape index (κ3) is 3.58. The first kappa shape index (κ1) is 12.7. The van der Waals surface area contributed by atoms with Crippen LogP contribution in [0.5, 0.6) is 0 Å². The van der Waals surface area contributed by atoms with Crippen molar-refractivity contribution in [1.82, 2.24) is 5.32 Å².